The van der Waals surface area contributed by atoms with Crippen LogP contribution in [0.3, 0.4) is 0 Å². The predicted octanol–water partition coefficient (Wildman–Crippen LogP) is 2.64. The lowest BCUT2D eigenvalue weighted by atomic mass is 10.1. The van der Waals surface area contributed by atoms with Crippen molar-refractivity contribution in [1.29, 1.82) is 0 Å². The highest BCUT2D eigenvalue weighted by atomic mass is 16.1. The van der Waals surface area contributed by atoms with Crippen molar-refractivity contribution in [1.82, 2.24) is 14.6 Å². The molecule has 1 amide bonds. The Morgan fingerprint density at radius 1 is 1.50 bits per heavy atom. The number of nitrogens with zero attached hydrogens (tertiary/aromatic N) is 3. The van der Waals surface area contributed by atoms with Crippen LogP contribution < -0.4 is 5.32 Å². The number of rotatable bonds is 3. The first kappa shape index (κ1) is 12.8. The average Bonchev–Trinajstić information content (AvgIpc) is 2.98. The molecule has 1 N–H and O–H groups in total. The summed E-state index contributed by atoms with van der Waals surface area (Å²) in [5.41, 5.74) is 2.75. The molecule has 0 spiro atoms. The minimum absolute atomic E-state index is 0.0182. The van der Waals surface area contributed by atoms with Gasteiger partial charge in [0.15, 0.2) is 11.5 Å². The van der Waals surface area contributed by atoms with Crippen molar-refractivity contribution in [3.63, 3.8) is 0 Å². The van der Waals surface area contributed by atoms with Gasteiger partial charge in [-0.2, -0.15) is 0 Å². The summed E-state index contributed by atoms with van der Waals surface area (Å²) in [5.74, 6) is 0.972. The van der Waals surface area contributed by atoms with Crippen LogP contribution in [-0.2, 0) is 4.79 Å². The molecule has 2 heterocycles. The topological polar surface area (TPSA) is 59.3 Å². The first-order valence-electron chi connectivity index (χ1n) is 6.92. The fourth-order valence-electron chi connectivity index (χ4n) is 2.60. The second-order valence-corrected chi connectivity index (χ2v) is 5.38. The molecule has 1 unspecified atom stereocenters. The SMILES string of the molecule is Cc1cn2nc(NC(=O)CC3C=CCC3)cc(C)c2n1. The van der Waals surface area contributed by atoms with Crippen molar-refractivity contribution < 1.29 is 4.79 Å². The molecule has 1 atom stereocenters. The summed E-state index contributed by atoms with van der Waals surface area (Å²) in [6.45, 7) is 3.90. The van der Waals surface area contributed by atoms with Crippen molar-refractivity contribution in [3.05, 3.63) is 35.7 Å². The van der Waals surface area contributed by atoms with Gasteiger partial charge in [0.2, 0.25) is 5.91 Å². The molecule has 0 radical (unpaired) electrons. The number of allylic oxidation sites excluding steroid dienone is 2. The Hall–Kier alpha value is -2.17. The second-order valence-electron chi connectivity index (χ2n) is 5.38. The van der Waals surface area contributed by atoms with Gasteiger partial charge in [-0.1, -0.05) is 12.2 Å². The van der Waals surface area contributed by atoms with Crippen LogP contribution in [0.1, 0.15) is 30.5 Å². The lowest BCUT2D eigenvalue weighted by Gasteiger charge is -2.09. The number of anilines is 1. The zero-order valence-electron chi connectivity index (χ0n) is 11.8. The Morgan fingerprint density at radius 3 is 3.10 bits per heavy atom. The van der Waals surface area contributed by atoms with E-state index in [-0.39, 0.29) is 5.91 Å². The van der Waals surface area contributed by atoms with Gasteiger partial charge in [-0.25, -0.2) is 9.50 Å². The number of imidazole rings is 1. The quantitative estimate of drug-likeness (QED) is 0.872. The number of carbonyl (C=O) groups is 1. The summed E-state index contributed by atoms with van der Waals surface area (Å²) >= 11 is 0. The van der Waals surface area contributed by atoms with Gasteiger partial charge < -0.3 is 5.32 Å². The van der Waals surface area contributed by atoms with E-state index in [9.17, 15) is 4.79 Å². The van der Waals surface area contributed by atoms with Crippen LogP contribution in [0.5, 0.6) is 0 Å². The molecule has 5 nitrogen and oxygen atoms in total. The second kappa shape index (κ2) is 5.07. The van der Waals surface area contributed by atoms with Gasteiger partial charge in [0.1, 0.15) is 0 Å². The molecule has 1 aliphatic rings. The molecule has 0 aromatic carbocycles. The zero-order valence-corrected chi connectivity index (χ0v) is 11.8. The van der Waals surface area contributed by atoms with Crippen LogP contribution in [0.15, 0.2) is 24.4 Å². The number of aromatic nitrogens is 3. The lowest BCUT2D eigenvalue weighted by Crippen LogP contribution is -2.16. The largest absolute Gasteiger partial charge is 0.309 e. The number of nitrogens with one attached hydrogen (secondary N) is 1. The highest BCUT2D eigenvalue weighted by Gasteiger charge is 2.15. The molecular formula is C15H18N4O. The van der Waals surface area contributed by atoms with Gasteiger partial charge in [-0.15, -0.1) is 5.10 Å². The molecule has 20 heavy (non-hydrogen) atoms. The van der Waals surface area contributed by atoms with Gasteiger partial charge in [0, 0.05) is 6.42 Å². The number of carbonyl (C=O) groups excluding carboxylic acids is 1. The van der Waals surface area contributed by atoms with E-state index in [1.54, 1.807) is 4.52 Å². The van der Waals surface area contributed by atoms with Gasteiger partial charge in [-0.05, 0) is 44.2 Å². The third kappa shape index (κ3) is 2.57. The Kier molecular flexibility index (Phi) is 3.26. The maximum Gasteiger partial charge on any atom is 0.226 e. The van der Waals surface area contributed by atoms with Crippen LogP contribution >= 0.6 is 0 Å². The Bertz CT molecular complexity index is 686. The Balaban J connectivity index is 1.76. The van der Waals surface area contributed by atoms with Crippen LogP contribution in [0.4, 0.5) is 5.82 Å². The summed E-state index contributed by atoms with van der Waals surface area (Å²) < 4.78 is 1.72. The number of hydrogen-bond donors (Lipinski definition) is 1. The molecule has 0 aliphatic heterocycles. The summed E-state index contributed by atoms with van der Waals surface area (Å²) in [6.07, 6.45) is 8.80. The molecule has 2 aromatic heterocycles. The van der Waals surface area contributed by atoms with E-state index in [1.807, 2.05) is 26.1 Å². The fourth-order valence-corrected chi connectivity index (χ4v) is 2.60. The molecule has 104 valence electrons. The maximum atomic E-state index is 12.0. The van der Waals surface area contributed by atoms with E-state index in [0.717, 1.165) is 29.7 Å². The van der Waals surface area contributed by atoms with Crippen molar-refractivity contribution >= 4 is 17.4 Å². The van der Waals surface area contributed by atoms with Crippen molar-refractivity contribution in [2.24, 2.45) is 5.92 Å². The molecule has 1 aliphatic carbocycles. The van der Waals surface area contributed by atoms with E-state index in [4.69, 9.17) is 0 Å². The van der Waals surface area contributed by atoms with Crippen LogP contribution in [0, 0.1) is 19.8 Å². The zero-order chi connectivity index (χ0) is 14.1. The number of amides is 1. The fraction of sp³-hybridized carbons (Fsp3) is 0.400. The minimum Gasteiger partial charge on any atom is -0.309 e. The normalized spacial score (nSPS) is 17.8. The van der Waals surface area contributed by atoms with E-state index in [1.165, 1.54) is 0 Å². The molecule has 2 aromatic rings. The number of aryl methyl sites for hydroxylation is 2. The average molecular weight is 270 g/mol. The Morgan fingerprint density at radius 2 is 2.35 bits per heavy atom. The standard InChI is InChI=1S/C15H18N4O/c1-10-7-13(18-19-9-11(2)16-15(10)19)17-14(20)8-12-5-3-4-6-12/h3,5,7,9,12H,4,6,8H2,1-2H3,(H,17,18,20). The summed E-state index contributed by atoms with van der Waals surface area (Å²) in [7, 11) is 0. The molecule has 5 heteroatoms. The molecule has 0 fully saturated rings. The van der Waals surface area contributed by atoms with Crippen LogP contribution in [0.2, 0.25) is 0 Å². The smallest absolute Gasteiger partial charge is 0.226 e. The van der Waals surface area contributed by atoms with Crippen LogP contribution in [0.25, 0.3) is 5.65 Å². The highest BCUT2D eigenvalue weighted by molar-refractivity contribution is 5.90. The van der Waals surface area contributed by atoms with Crippen molar-refractivity contribution in [3.8, 4) is 0 Å². The summed E-state index contributed by atoms with van der Waals surface area (Å²) in [5, 5.41) is 7.25. The third-order valence-corrected chi connectivity index (χ3v) is 3.56. The highest BCUT2D eigenvalue weighted by Crippen LogP contribution is 2.21. The first-order chi connectivity index (χ1) is 9.61. The maximum absolute atomic E-state index is 12.0. The third-order valence-electron chi connectivity index (χ3n) is 3.56. The first-order valence-corrected chi connectivity index (χ1v) is 6.92. The number of fused-ring (bicyclic) bond motifs is 1. The molecule has 3 rings (SSSR count). The van der Waals surface area contributed by atoms with Gasteiger partial charge >= 0.3 is 0 Å². The van der Waals surface area contributed by atoms with Gasteiger partial charge in [-0.3, -0.25) is 4.79 Å². The van der Waals surface area contributed by atoms with Crippen molar-refractivity contribution in [2.75, 3.05) is 5.32 Å². The van der Waals surface area contributed by atoms with E-state index >= 15 is 0 Å². The predicted molar refractivity (Wildman–Crippen MR) is 77.6 cm³/mol. The van der Waals surface area contributed by atoms with E-state index in [0.29, 0.717) is 18.2 Å². The van der Waals surface area contributed by atoms with Gasteiger partial charge in [0.05, 0.1) is 11.9 Å². The number of hydrogen-bond acceptors (Lipinski definition) is 3. The molecule has 0 saturated heterocycles. The molecule has 0 saturated carbocycles. The monoisotopic (exact) mass is 270 g/mol. The lowest BCUT2D eigenvalue weighted by molar-refractivity contribution is -0.116. The molecule has 0 bridgehead atoms. The van der Waals surface area contributed by atoms with E-state index in [2.05, 4.69) is 27.6 Å². The van der Waals surface area contributed by atoms with E-state index < -0.39 is 0 Å². The van der Waals surface area contributed by atoms with Crippen molar-refractivity contribution in [2.45, 2.75) is 33.1 Å². The Labute approximate surface area is 117 Å². The summed E-state index contributed by atoms with van der Waals surface area (Å²) in [4.78, 5) is 16.4. The molecular weight excluding hydrogens is 252 g/mol. The van der Waals surface area contributed by atoms with Crippen LogP contribution in [-0.4, -0.2) is 20.5 Å². The van der Waals surface area contributed by atoms with Gasteiger partial charge in [0.25, 0.3) is 0 Å². The summed E-state index contributed by atoms with van der Waals surface area (Å²) in [6, 6.07) is 1.87. The minimum atomic E-state index is 0.0182.